The number of hydrogen-bond donors (Lipinski definition) is 0. The largest absolute Gasteiger partial charge is 0.192 e. The van der Waals surface area contributed by atoms with Crippen molar-refractivity contribution in [1.82, 2.24) is 0 Å². The zero-order valence-electron chi connectivity index (χ0n) is 11.5. The summed E-state index contributed by atoms with van der Waals surface area (Å²) in [6.07, 6.45) is 7.91. The first-order valence-corrected chi connectivity index (χ1v) is 10.1. The van der Waals surface area contributed by atoms with Crippen molar-refractivity contribution in [2.24, 2.45) is 0 Å². The van der Waals surface area contributed by atoms with Gasteiger partial charge in [-0.15, -0.1) is 23.2 Å². The molecule has 2 atom stereocenters. The lowest BCUT2D eigenvalue weighted by Gasteiger charge is -2.16. The summed E-state index contributed by atoms with van der Waals surface area (Å²) in [7, 11) is 0. The molecule has 0 unspecified atom stereocenters. The zero-order valence-corrected chi connectivity index (χ0v) is 17.6. The minimum atomic E-state index is -1.26. The minimum Gasteiger partial charge on any atom is -0.123 e. The molecule has 0 aliphatic rings. The Bertz CT molecular complexity index is 232. The Balaban J connectivity index is 3.45. The van der Waals surface area contributed by atoms with Crippen LogP contribution in [0.25, 0.3) is 0 Å². The van der Waals surface area contributed by atoms with Crippen LogP contribution in [0.4, 0.5) is 0 Å². The van der Waals surface area contributed by atoms with E-state index in [1.54, 1.807) is 0 Å². The van der Waals surface area contributed by atoms with Crippen molar-refractivity contribution in [3.63, 3.8) is 0 Å². The lowest BCUT2D eigenvalue weighted by atomic mass is 10.1. The molecule has 128 valence electrons. The van der Waals surface area contributed by atoms with Crippen LogP contribution in [0, 0.1) is 0 Å². The Labute approximate surface area is 168 Å². The van der Waals surface area contributed by atoms with E-state index in [1.165, 1.54) is 0 Å². The molecule has 0 saturated heterocycles. The van der Waals surface area contributed by atoms with Crippen LogP contribution in [0.2, 0.25) is 0 Å². The van der Waals surface area contributed by atoms with Gasteiger partial charge in [-0.25, -0.2) is 0 Å². The van der Waals surface area contributed by atoms with Crippen molar-refractivity contribution in [2.75, 3.05) is 0 Å². The van der Waals surface area contributed by atoms with Gasteiger partial charge in [0.15, 0.2) is 7.59 Å². The van der Waals surface area contributed by atoms with Gasteiger partial charge in [0.1, 0.15) is 0 Å². The molecule has 0 amide bonds. The fourth-order valence-corrected chi connectivity index (χ4v) is 4.33. The highest BCUT2D eigenvalue weighted by molar-refractivity contribution is 6.68. The maximum atomic E-state index is 6.10. The maximum Gasteiger partial charge on any atom is 0.192 e. The summed E-state index contributed by atoms with van der Waals surface area (Å²) in [5.41, 5.74) is 0. The fraction of sp³-hybridized carbons (Fsp3) is 1.00. The summed E-state index contributed by atoms with van der Waals surface area (Å²) in [6.45, 7) is 0. The predicted octanol–water partition coefficient (Wildman–Crippen LogP) is 8.45. The normalized spacial score (nSPS) is 16.0. The molecule has 0 bridgehead atoms. The summed E-state index contributed by atoms with van der Waals surface area (Å²) in [4.78, 5) is 0. The second kappa shape index (κ2) is 11.8. The van der Waals surface area contributed by atoms with E-state index in [0.29, 0.717) is 12.8 Å². The molecular weight excluding hydrogens is 440 g/mol. The molecule has 0 radical (unpaired) electrons. The van der Waals surface area contributed by atoms with E-state index in [2.05, 4.69) is 0 Å². The van der Waals surface area contributed by atoms with Gasteiger partial charge >= 0.3 is 0 Å². The first-order chi connectivity index (χ1) is 9.49. The number of unbranched alkanes of at least 4 members (excludes halogenated alkanes) is 4. The standard InChI is InChI=1S/C13H20Cl8/c14-10(8-12(16,17)18)6-4-2-1-3-5-7-11(15)9-13(19,20)21/h10-11H,1-9H2/t10-,11-/m0/s1. The van der Waals surface area contributed by atoms with Gasteiger partial charge in [0, 0.05) is 23.6 Å². The Kier molecular flexibility index (Phi) is 13.1. The maximum absolute atomic E-state index is 6.10. The van der Waals surface area contributed by atoms with E-state index in [1.807, 2.05) is 0 Å². The van der Waals surface area contributed by atoms with Crippen molar-refractivity contribution in [1.29, 1.82) is 0 Å². The number of halogens is 8. The highest BCUT2D eigenvalue weighted by Gasteiger charge is 2.24. The van der Waals surface area contributed by atoms with Crippen molar-refractivity contribution in [3.8, 4) is 0 Å². The van der Waals surface area contributed by atoms with Crippen LogP contribution in [-0.4, -0.2) is 18.3 Å². The van der Waals surface area contributed by atoms with Crippen molar-refractivity contribution in [2.45, 2.75) is 76.1 Å². The summed E-state index contributed by atoms with van der Waals surface area (Å²) in [5, 5.41) is -0.178. The van der Waals surface area contributed by atoms with Crippen molar-refractivity contribution >= 4 is 92.8 Å². The number of alkyl halides is 8. The van der Waals surface area contributed by atoms with Crippen LogP contribution >= 0.6 is 92.8 Å². The van der Waals surface area contributed by atoms with Crippen molar-refractivity contribution in [3.05, 3.63) is 0 Å². The molecule has 0 heterocycles. The third kappa shape index (κ3) is 18.5. The van der Waals surface area contributed by atoms with Crippen molar-refractivity contribution < 1.29 is 0 Å². The molecule has 8 heteroatoms. The van der Waals surface area contributed by atoms with E-state index < -0.39 is 7.59 Å². The third-order valence-electron chi connectivity index (χ3n) is 2.94. The highest BCUT2D eigenvalue weighted by Crippen LogP contribution is 2.35. The van der Waals surface area contributed by atoms with Crippen LogP contribution in [0.3, 0.4) is 0 Å². The van der Waals surface area contributed by atoms with Crippen LogP contribution in [0.1, 0.15) is 57.8 Å². The molecule has 0 nitrogen and oxygen atoms in total. The van der Waals surface area contributed by atoms with Gasteiger partial charge in [0.05, 0.1) is 0 Å². The zero-order chi connectivity index (χ0) is 16.5. The number of rotatable bonds is 10. The van der Waals surface area contributed by atoms with Crippen LogP contribution < -0.4 is 0 Å². The second-order valence-electron chi connectivity index (χ2n) is 5.18. The Morgan fingerprint density at radius 2 is 0.810 bits per heavy atom. The van der Waals surface area contributed by atoms with Gasteiger partial charge in [-0.05, 0) is 12.8 Å². The smallest absolute Gasteiger partial charge is 0.123 e. The average molecular weight is 460 g/mol. The molecule has 0 saturated carbocycles. The molecule has 0 aromatic carbocycles. The van der Waals surface area contributed by atoms with Gasteiger partial charge in [-0.2, -0.15) is 0 Å². The molecule has 0 spiro atoms. The van der Waals surface area contributed by atoms with Crippen LogP contribution in [0.5, 0.6) is 0 Å². The van der Waals surface area contributed by atoms with E-state index in [4.69, 9.17) is 92.8 Å². The summed E-state index contributed by atoms with van der Waals surface area (Å²) >= 11 is 46.3. The first kappa shape index (κ1) is 23.3. The van der Waals surface area contributed by atoms with E-state index in [9.17, 15) is 0 Å². The molecule has 0 aromatic heterocycles. The van der Waals surface area contributed by atoms with Gasteiger partial charge in [-0.3, -0.25) is 0 Å². The highest BCUT2D eigenvalue weighted by atomic mass is 35.6. The van der Waals surface area contributed by atoms with Gasteiger partial charge in [0.25, 0.3) is 0 Å². The quantitative estimate of drug-likeness (QED) is 0.227. The molecule has 21 heavy (non-hydrogen) atoms. The van der Waals surface area contributed by atoms with Crippen LogP contribution in [0.15, 0.2) is 0 Å². The molecule has 0 aliphatic carbocycles. The first-order valence-electron chi connectivity index (χ1n) is 6.91. The van der Waals surface area contributed by atoms with Gasteiger partial charge < -0.3 is 0 Å². The Hall–Kier alpha value is 2.32. The molecule has 0 fully saturated rings. The van der Waals surface area contributed by atoms with E-state index >= 15 is 0 Å². The topological polar surface area (TPSA) is 0 Å². The average Bonchev–Trinajstić information content (AvgIpc) is 2.22. The Morgan fingerprint density at radius 1 is 0.524 bits per heavy atom. The molecule has 0 aromatic rings. The van der Waals surface area contributed by atoms with Gasteiger partial charge in [-0.1, -0.05) is 102 Å². The third-order valence-corrected chi connectivity index (χ3v) is 4.61. The number of hydrogen-bond acceptors (Lipinski definition) is 0. The fourth-order valence-electron chi connectivity index (χ4n) is 1.97. The monoisotopic (exact) mass is 456 g/mol. The van der Waals surface area contributed by atoms with Crippen LogP contribution in [-0.2, 0) is 0 Å². The van der Waals surface area contributed by atoms with E-state index in [0.717, 1.165) is 44.9 Å². The Morgan fingerprint density at radius 3 is 1.10 bits per heavy atom. The van der Waals surface area contributed by atoms with Gasteiger partial charge in [0.2, 0.25) is 0 Å². The van der Waals surface area contributed by atoms with E-state index in [-0.39, 0.29) is 10.8 Å². The summed E-state index contributed by atoms with van der Waals surface area (Å²) < 4.78 is -2.52. The minimum absolute atomic E-state index is 0.0889. The predicted molar refractivity (Wildman–Crippen MR) is 101 cm³/mol. The molecular formula is C13H20Cl8. The molecule has 0 N–H and O–H groups in total. The molecule has 0 aliphatic heterocycles. The molecule has 0 rings (SSSR count). The summed E-state index contributed by atoms with van der Waals surface area (Å²) in [6, 6.07) is 0. The second-order valence-corrected chi connectivity index (χ2v) is 11.4. The lowest BCUT2D eigenvalue weighted by molar-refractivity contribution is 0.552. The SMILES string of the molecule is Cl[C@@H](CCCCCCC[C@H](Cl)CC(Cl)(Cl)Cl)CC(Cl)(Cl)Cl. The summed E-state index contributed by atoms with van der Waals surface area (Å²) in [5.74, 6) is 0. The lowest BCUT2D eigenvalue weighted by Crippen LogP contribution is -2.11.